The second kappa shape index (κ2) is 10.2. The van der Waals surface area contributed by atoms with Crippen molar-refractivity contribution in [1.29, 1.82) is 0 Å². The highest BCUT2D eigenvalue weighted by Gasteiger charge is 2.20. The van der Waals surface area contributed by atoms with Gasteiger partial charge in [-0.15, -0.1) is 11.3 Å². The summed E-state index contributed by atoms with van der Waals surface area (Å²) in [6.45, 7) is 7.21. The first-order chi connectivity index (χ1) is 14.1. The van der Waals surface area contributed by atoms with E-state index in [2.05, 4.69) is 13.8 Å². The number of hydrogen-bond donors (Lipinski definition) is 0. The zero-order chi connectivity index (χ0) is 20.6. The van der Waals surface area contributed by atoms with Crippen LogP contribution < -0.4 is 4.74 Å². The number of carbonyl (C=O) groups is 1. The zero-order valence-electron chi connectivity index (χ0n) is 17.3. The van der Waals surface area contributed by atoms with E-state index in [1.165, 1.54) is 0 Å². The van der Waals surface area contributed by atoms with Crippen LogP contribution in [0.15, 0.2) is 60.0 Å². The normalized spacial score (nSPS) is 11.8. The maximum Gasteiger partial charge on any atom is 0.227 e. The molecule has 0 radical (unpaired) electrons. The molecule has 3 aromatic rings. The Labute approximate surface area is 177 Å². The third kappa shape index (κ3) is 5.91. The van der Waals surface area contributed by atoms with Gasteiger partial charge in [-0.25, -0.2) is 4.98 Å². The van der Waals surface area contributed by atoms with E-state index in [4.69, 9.17) is 9.72 Å². The van der Waals surface area contributed by atoms with Gasteiger partial charge in [-0.1, -0.05) is 55.5 Å². The molecule has 152 valence electrons. The summed E-state index contributed by atoms with van der Waals surface area (Å²) in [5.41, 5.74) is 3.07. The van der Waals surface area contributed by atoms with Gasteiger partial charge in [0.15, 0.2) is 0 Å². The molecule has 0 spiro atoms. The lowest BCUT2D eigenvalue weighted by molar-refractivity contribution is -0.133. The molecule has 1 amide bonds. The van der Waals surface area contributed by atoms with Crippen LogP contribution in [-0.4, -0.2) is 21.8 Å². The van der Waals surface area contributed by atoms with Crippen LogP contribution in [-0.2, 0) is 24.4 Å². The number of aromatic nitrogens is 1. The van der Waals surface area contributed by atoms with Crippen molar-refractivity contribution in [3.8, 4) is 5.75 Å². The van der Waals surface area contributed by atoms with Gasteiger partial charge in [-0.3, -0.25) is 4.79 Å². The van der Waals surface area contributed by atoms with Crippen molar-refractivity contribution < 1.29 is 9.53 Å². The molecule has 1 heterocycles. The lowest BCUT2D eigenvalue weighted by Gasteiger charge is -2.28. The minimum Gasteiger partial charge on any atom is -0.486 e. The van der Waals surface area contributed by atoms with E-state index < -0.39 is 0 Å². The molecule has 0 saturated carbocycles. The first kappa shape index (κ1) is 21.1. The Morgan fingerprint density at radius 2 is 1.86 bits per heavy atom. The van der Waals surface area contributed by atoms with Gasteiger partial charge in [0.25, 0.3) is 0 Å². The van der Waals surface area contributed by atoms with Crippen LogP contribution in [0.4, 0.5) is 0 Å². The molecule has 4 nitrogen and oxygen atoms in total. The minimum atomic E-state index is 0.135. The van der Waals surface area contributed by atoms with Crippen molar-refractivity contribution >= 4 is 17.2 Å². The summed E-state index contributed by atoms with van der Waals surface area (Å²) in [6, 6.07) is 18.0. The zero-order valence-corrected chi connectivity index (χ0v) is 18.1. The predicted octanol–water partition coefficient (Wildman–Crippen LogP) is 5.40. The molecule has 0 aliphatic carbocycles. The molecule has 0 saturated heterocycles. The molecule has 1 aromatic heterocycles. The molecular weight excluding hydrogens is 380 g/mol. The summed E-state index contributed by atoms with van der Waals surface area (Å²) in [5, 5.41) is 2.95. The molecule has 0 aliphatic rings. The molecule has 3 rings (SSSR count). The summed E-state index contributed by atoms with van der Waals surface area (Å²) in [5.74, 6) is 1.01. The summed E-state index contributed by atoms with van der Waals surface area (Å²) in [6.07, 6.45) is 1.33. The van der Waals surface area contributed by atoms with Crippen molar-refractivity contribution in [2.45, 2.75) is 52.8 Å². The Morgan fingerprint density at radius 1 is 1.14 bits per heavy atom. The average Bonchev–Trinajstić information content (AvgIpc) is 3.19. The fourth-order valence-electron chi connectivity index (χ4n) is 3.10. The lowest BCUT2D eigenvalue weighted by atomic mass is 10.1. The van der Waals surface area contributed by atoms with Crippen LogP contribution in [0, 0.1) is 6.92 Å². The van der Waals surface area contributed by atoms with Crippen LogP contribution in [0.25, 0.3) is 0 Å². The Morgan fingerprint density at radius 3 is 2.59 bits per heavy atom. The molecule has 2 aromatic carbocycles. The standard InChI is InChI=1S/C24H28N2O2S/c1-4-19(3)26(24(27)14-20-11-6-5-7-12-20)15-21-17-29-23(25-21)16-28-22-13-9-8-10-18(22)2/h5-13,17,19H,4,14-16H2,1-3H3/t19-/m1/s1. The Bertz CT molecular complexity index is 923. The highest BCUT2D eigenvalue weighted by molar-refractivity contribution is 7.09. The highest BCUT2D eigenvalue weighted by Crippen LogP contribution is 2.20. The molecule has 1 atom stereocenters. The second-order valence-electron chi connectivity index (χ2n) is 7.23. The number of rotatable bonds is 9. The van der Waals surface area contributed by atoms with Gasteiger partial charge in [-0.2, -0.15) is 0 Å². The van der Waals surface area contributed by atoms with Gasteiger partial charge >= 0.3 is 0 Å². The monoisotopic (exact) mass is 408 g/mol. The lowest BCUT2D eigenvalue weighted by Crippen LogP contribution is -2.38. The minimum absolute atomic E-state index is 0.135. The van der Waals surface area contributed by atoms with Gasteiger partial charge in [0.2, 0.25) is 5.91 Å². The van der Waals surface area contributed by atoms with E-state index in [9.17, 15) is 4.79 Å². The van der Waals surface area contributed by atoms with Gasteiger partial charge < -0.3 is 9.64 Å². The van der Waals surface area contributed by atoms with Gasteiger partial charge in [0.05, 0.1) is 18.7 Å². The van der Waals surface area contributed by atoms with Gasteiger partial charge in [-0.05, 0) is 37.5 Å². The van der Waals surface area contributed by atoms with Crippen molar-refractivity contribution in [1.82, 2.24) is 9.88 Å². The first-order valence-corrected chi connectivity index (χ1v) is 10.9. The fourth-order valence-corrected chi connectivity index (χ4v) is 3.80. The largest absolute Gasteiger partial charge is 0.486 e. The maximum atomic E-state index is 12.9. The Kier molecular flexibility index (Phi) is 7.42. The number of hydrogen-bond acceptors (Lipinski definition) is 4. The van der Waals surface area contributed by atoms with E-state index in [1.807, 2.05) is 71.8 Å². The third-order valence-corrected chi connectivity index (χ3v) is 5.89. The van der Waals surface area contributed by atoms with Crippen LogP contribution in [0.1, 0.15) is 42.1 Å². The van der Waals surface area contributed by atoms with Crippen LogP contribution >= 0.6 is 11.3 Å². The van der Waals surface area contributed by atoms with Crippen molar-refractivity contribution in [3.63, 3.8) is 0 Å². The second-order valence-corrected chi connectivity index (χ2v) is 8.17. The van der Waals surface area contributed by atoms with Crippen LogP contribution in [0.3, 0.4) is 0 Å². The molecule has 0 bridgehead atoms. The summed E-state index contributed by atoms with van der Waals surface area (Å²) in [7, 11) is 0. The van der Waals surface area contributed by atoms with Crippen molar-refractivity contribution in [2.24, 2.45) is 0 Å². The number of carbonyl (C=O) groups excluding carboxylic acids is 1. The van der Waals surface area contributed by atoms with Crippen LogP contribution in [0.5, 0.6) is 5.75 Å². The first-order valence-electron chi connectivity index (χ1n) is 10.0. The number of para-hydroxylation sites is 1. The number of benzene rings is 2. The van der Waals surface area contributed by atoms with Gasteiger partial charge in [0, 0.05) is 11.4 Å². The fraction of sp³-hybridized carbons (Fsp3) is 0.333. The Balaban J connectivity index is 1.64. The highest BCUT2D eigenvalue weighted by atomic mass is 32.1. The third-order valence-electron chi connectivity index (χ3n) is 5.02. The number of ether oxygens (including phenoxy) is 1. The number of thiazole rings is 1. The van der Waals surface area contributed by atoms with Crippen LogP contribution in [0.2, 0.25) is 0 Å². The smallest absolute Gasteiger partial charge is 0.227 e. The molecule has 5 heteroatoms. The number of nitrogens with zero attached hydrogens (tertiary/aromatic N) is 2. The topological polar surface area (TPSA) is 42.4 Å². The molecule has 29 heavy (non-hydrogen) atoms. The number of amides is 1. The van der Waals surface area contributed by atoms with E-state index >= 15 is 0 Å². The average molecular weight is 409 g/mol. The van der Waals surface area contributed by atoms with Crippen molar-refractivity contribution in [2.75, 3.05) is 0 Å². The predicted molar refractivity (Wildman–Crippen MR) is 118 cm³/mol. The summed E-state index contributed by atoms with van der Waals surface area (Å²) in [4.78, 5) is 19.6. The van der Waals surface area contributed by atoms with Crippen molar-refractivity contribution in [3.05, 3.63) is 81.8 Å². The molecule has 0 N–H and O–H groups in total. The summed E-state index contributed by atoms with van der Waals surface area (Å²) < 4.78 is 5.90. The van der Waals surface area contributed by atoms with Gasteiger partial charge in [0.1, 0.15) is 17.4 Å². The van der Waals surface area contributed by atoms with E-state index in [0.29, 0.717) is 19.6 Å². The van der Waals surface area contributed by atoms with E-state index in [1.54, 1.807) is 11.3 Å². The van der Waals surface area contributed by atoms with E-state index in [0.717, 1.165) is 34.0 Å². The SMILES string of the molecule is CC[C@@H](C)N(Cc1csc(COc2ccccc2C)n1)C(=O)Cc1ccccc1. The quantitative estimate of drug-likeness (QED) is 0.476. The molecule has 0 unspecified atom stereocenters. The molecule has 0 fully saturated rings. The maximum absolute atomic E-state index is 12.9. The number of aryl methyl sites for hydroxylation is 1. The summed E-state index contributed by atoms with van der Waals surface area (Å²) >= 11 is 1.58. The van der Waals surface area contributed by atoms with E-state index in [-0.39, 0.29) is 11.9 Å². The Hall–Kier alpha value is -2.66. The molecular formula is C24H28N2O2S. The molecule has 0 aliphatic heterocycles.